The maximum Gasteiger partial charge on any atom is 0.205 e. The molecule has 1 aromatic heterocycles. The molecule has 0 spiro atoms. The average molecular weight is 345 g/mol. The number of nitriles is 2. The molecule has 0 amide bonds. The van der Waals surface area contributed by atoms with Gasteiger partial charge in [0, 0.05) is 23.5 Å². The van der Waals surface area contributed by atoms with Crippen LogP contribution in [0.1, 0.15) is 27.3 Å². The van der Waals surface area contributed by atoms with E-state index >= 15 is 0 Å². The summed E-state index contributed by atoms with van der Waals surface area (Å²) in [6, 6.07) is 12.5. The van der Waals surface area contributed by atoms with Gasteiger partial charge in [0.1, 0.15) is 23.5 Å². The third-order valence-corrected chi connectivity index (χ3v) is 3.99. The van der Waals surface area contributed by atoms with Crippen LogP contribution in [0.4, 0.5) is 0 Å². The number of benzene rings is 1. The van der Waals surface area contributed by atoms with Crippen molar-refractivity contribution in [1.82, 2.24) is 4.57 Å². The van der Waals surface area contributed by atoms with Crippen molar-refractivity contribution in [2.24, 2.45) is 0 Å². The zero-order chi connectivity index (χ0) is 19.1. The Hall–Kier alpha value is -3.57. The number of allylic oxidation sites excluding steroid dienone is 2. The third kappa shape index (κ3) is 4.09. The second-order valence-corrected chi connectivity index (χ2v) is 5.70. The molecular formula is C21H19N3O2. The second-order valence-electron chi connectivity index (χ2n) is 5.70. The van der Waals surface area contributed by atoms with E-state index < -0.39 is 0 Å². The first kappa shape index (κ1) is 18.8. The maximum absolute atomic E-state index is 12.8. The lowest BCUT2D eigenvalue weighted by atomic mass is 10.0. The number of hydrogen-bond acceptors (Lipinski definition) is 4. The summed E-state index contributed by atoms with van der Waals surface area (Å²) in [5, 5.41) is 18.0. The van der Waals surface area contributed by atoms with E-state index in [0.717, 1.165) is 11.4 Å². The molecule has 0 aliphatic heterocycles. The van der Waals surface area contributed by atoms with Gasteiger partial charge in [-0.25, -0.2) is 0 Å². The molecule has 1 heterocycles. The van der Waals surface area contributed by atoms with Gasteiger partial charge in [-0.05, 0) is 43.7 Å². The van der Waals surface area contributed by atoms with E-state index in [1.807, 2.05) is 30.6 Å². The number of hydrogen-bond donors (Lipinski definition) is 0. The molecule has 0 atom stereocenters. The zero-order valence-corrected chi connectivity index (χ0v) is 14.8. The first-order chi connectivity index (χ1) is 12.5. The van der Waals surface area contributed by atoms with Crippen LogP contribution in [-0.4, -0.2) is 17.0 Å². The van der Waals surface area contributed by atoms with E-state index in [0.29, 0.717) is 23.4 Å². The SMILES string of the molecule is C=CCn1c(C)cc(C(=O)/C(C#N)=C/c2ccc(OCC#N)cc2)c1C. The lowest BCUT2D eigenvalue weighted by Gasteiger charge is -2.06. The smallest absolute Gasteiger partial charge is 0.205 e. The Morgan fingerprint density at radius 2 is 1.96 bits per heavy atom. The number of rotatable bonds is 7. The second kappa shape index (κ2) is 8.50. The quantitative estimate of drug-likeness (QED) is 0.329. The molecule has 0 radical (unpaired) electrons. The lowest BCUT2D eigenvalue weighted by Crippen LogP contribution is -2.05. The van der Waals surface area contributed by atoms with Gasteiger partial charge in [0.15, 0.2) is 6.61 Å². The molecule has 2 rings (SSSR count). The van der Waals surface area contributed by atoms with Crippen molar-refractivity contribution in [2.75, 3.05) is 6.61 Å². The van der Waals surface area contributed by atoms with Gasteiger partial charge in [-0.3, -0.25) is 4.79 Å². The molecule has 2 aromatic rings. The van der Waals surface area contributed by atoms with Crippen molar-refractivity contribution >= 4 is 11.9 Å². The van der Waals surface area contributed by atoms with Crippen molar-refractivity contribution in [3.05, 3.63) is 71.1 Å². The number of aryl methyl sites for hydroxylation is 1. The maximum atomic E-state index is 12.8. The van der Waals surface area contributed by atoms with Gasteiger partial charge in [-0.2, -0.15) is 10.5 Å². The molecule has 5 nitrogen and oxygen atoms in total. The summed E-state index contributed by atoms with van der Waals surface area (Å²) in [6.45, 7) is 8.09. The van der Waals surface area contributed by atoms with Crippen molar-refractivity contribution in [2.45, 2.75) is 20.4 Å². The Balaban J connectivity index is 2.31. The summed E-state index contributed by atoms with van der Waals surface area (Å²) in [7, 11) is 0. The average Bonchev–Trinajstić information content (AvgIpc) is 2.93. The molecule has 0 unspecified atom stereocenters. The fourth-order valence-electron chi connectivity index (χ4n) is 2.68. The van der Waals surface area contributed by atoms with Crippen LogP contribution < -0.4 is 4.74 Å². The van der Waals surface area contributed by atoms with E-state index in [2.05, 4.69) is 6.58 Å². The van der Waals surface area contributed by atoms with E-state index in [9.17, 15) is 10.1 Å². The van der Waals surface area contributed by atoms with Gasteiger partial charge < -0.3 is 9.30 Å². The first-order valence-electron chi connectivity index (χ1n) is 8.05. The van der Waals surface area contributed by atoms with Crippen molar-refractivity contribution in [3.8, 4) is 17.9 Å². The van der Waals surface area contributed by atoms with E-state index in [1.54, 1.807) is 42.5 Å². The predicted molar refractivity (Wildman–Crippen MR) is 99.6 cm³/mol. The van der Waals surface area contributed by atoms with Crippen molar-refractivity contribution < 1.29 is 9.53 Å². The van der Waals surface area contributed by atoms with Gasteiger partial charge >= 0.3 is 0 Å². The van der Waals surface area contributed by atoms with E-state index in [-0.39, 0.29) is 18.0 Å². The summed E-state index contributed by atoms with van der Waals surface area (Å²) < 4.78 is 7.17. The van der Waals surface area contributed by atoms with Crippen molar-refractivity contribution in [3.63, 3.8) is 0 Å². The number of carbonyl (C=O) groups excluding carboxylic acids is 1. The van der Waals surface area contributed by atoms with Crippen LogP contribution in [0.3, 0.4) is 0 Å². The molecule has 0 aliphatic carbocycles. The molecule has 26 heavy (non-hydrogen) atoms. The van der Waals surface area contributed by atoms with Crippen molar-refractivity contribution in [1.29, 1.82) is 10.5 Å². The van der Waals surface area contributed by atoms with Crippen LogP contribution >= 0.6 is 0 Å². The molecule has 130 valence electrons. The van der Waals surface area contributed by atoms with Crippen LogP contribution in [0.2, 0.25) is 0 Å². The Morgan fingerprint density at radius 1 is 1.27 bits per heavy atom. The minimum atomic E-state index is -0.305. The fourth-order valence-corrected chi connectivity index (χ4v) is 2.68. The van der Waals surface area contributed by atoms with Gasteiger partial charge in [-0.1, -0.05) is 18.2 Å². The Bertz CT molecular complexity index is 935. The molecular weight excluding hydrogens is 326 g/mol. The minimum absolute atomic E-state index is 0.0303. The molecule has 0 aliphatic rings. The molecule has 0 saturated heterocycles. The first-order valence-corrected chi connectivity index (χ1v) is 8.05. The highest BCUT2D eigenvalue weighted by Crippen LogP contribution is 2.21. The van der Waals surface area contributed by atoms with E-state index in [4.69, 9.17) is 10.00 Å². The summed E-state index contributed by atoms with van der Waals surface area (Å²) in [4.78, 5) is 12.8. The highest BCUT2D eigenvalue weighted by molar-refractivity contribution is 6.14. The van der Waals surface area contributed by atoms with Gasteiger partial charge in [0.2, 0.25) is 5.78 Å². The summed E-state index contributed by atoms with van der Waals surface area (Å²) >= 11 is 0. The lowest BCUT2D eigenvalue weighted by molar-refractivity contribution is 0.103. The van der Waals surface area contributed by atoms with Gasteiger partial charge in [0.05, 0.1) is 0 Å². The van der Waals surface area contributed by atoms with Crippen LogP contribution in [0.15, 0.2) is 48.6 Å². The molecule has 1 aromatic carbocycles. The third-order valence-electron chi connectivity index (χ3n) is 3.99. The Labute approximate surface area is 153 Å². The topological polar surface area (TPSA) is 78.8 Å². The number of ketones is 1. The van der Waals surface area contributed by atoms with E-state index in [1.165, 1.54) is 0 Å². The number of carbonyl (C=O) groups is 1. The zero-order valence-electron chi connectivity index (χ0n) is 14.8. The molecule has 0 saturated carbocycles. The van der Waals surface area contributed by atoms with Crippen LogP contribution in [0.25, 0.3) is 6.08 Å². The summed E-state index contributed by atoms with van der Waals surface area (Å²) in [5.41, 5.74) is 3.05. The standard InChI is InChI=1S/C21H19N3O2/c1-4-10-24-15(2)12-20(16(24)3)21(25)18(14-23)13-17-5-7-19(8-6-17)26-11-9-22/h4-8,12-13H,1,10-11H2,2-3H3/b18-13+. The highest BCUT2D eigenvalue weighted by atomic mass is 16.5. The monoisotopic (exact) mass is 345 g/mol. The Kier molecular flexibility index (Phi) is 6.14. The van der Waals surface area contributed by atoms with Gasteiger partial charge in [0.25, 0.3) is 0 Å². The highest BCUT2D eigenvalue weighted by Gasteiger charge is 2.18. The number of nitrogens with zero attached hydrogens (tertiary/aromatic N) is 3. The number of aromatic nitrogens is 1. The summed E-state index contributed by atoms with van der Waals surface area (Å²) in [6.07, 6.45) is 3.32. The van der Waals surface area contributed by atoms with Crippen LogP contribution in [0.5, 0.6) is 5.75 Å². The van der Waals surface area contributed by atoms with Crippen LogP contribution in [0, 0.1) is 36.5 Å². The molecule has 5 heteroatoms. The summed E-state index contributed by atoms with van der Waals surface area (Å²) in [5.74, 6) is 0.252. The Morgan fingerprint density at radius 3 is 2.54 bits per heavy atom. The molecule has 0 fully saturated rings. The van der Waals surface area contributed by atoms with Gasteiger partial charge in [-0.15, -0.1) is 6.58 Å². The number of ether oxygens (including phenoxy) is 1. The largest absolute Gasteiger partial charge is 0.479 e. The minimum Gasteiger partial charge on any atom is -0.479 e. The van der Waals surface area contributed by atoms with Crippen LogP contribution in [-0.2, 0) is 6.54 Å². The molecule has 0 N–H and O–H groups in total. The number of Topliss-reactive ketones (excluding diaryl/α,β-unsaturated/α-hetero) is 1. The fraction of sp³-hybridized carbons (Fsp3) is 0.190. The molecule has 0 bridgehead atoms. The predicted octanol–water partition coefficient (Wildman–Crippen LogP) is 3.98. The normalized spacial score (nSPS) is 10.7.